The van der Waals surface area contributed by atoms with E-state index < -0.39 is 5.91 Å². The predicted molar refractivity (Wildman–Crippen MR) is 83.7 cm³/mol. The zero-order valence-corrected chi connectivity index (χ0v) is 13.6. The highest BCUT2D eigenvalue weighted by atomic mass is 35.5. The van der Waals surface area contributed by atoms with Gasteiger partial charge >= 0.3 is 0 Å². The third kappa shape index (κ3) is 3.86. The number of tetrazole rings is 1. The summed E-state index contributed by atoms with van der Waals surface area (Å²) in [6.07, 6.45) is 1.96. The molecule has 1 N–H and O–H groups in total. The first-order valence-electron chi connectivity index (χ1n) is 6.67. The van der Waals surface area contributed by atoms with E-state index in [2.05, 4.69) is 27.7 Å². The van der Waals surface area contributed by atoms with Crippen molar-refractivity contribution < 1.29 is 9.53 Å². The zero-order chi connectivity index (χ0) is 16.1. The van der Waals surface area contributed by atoms with E-state index in [4.69, 9.17) is 27.9 Å². The van der Waals surface area contributed by atoms with Crippen LogP contribution >= 0.6 is 23.2 Å². The Morgan fingerprint density at radius 1 is 1.36 bits per heavy atom. The van der Waals surface area contributed by atoms with Crippen molar-refractivity contribution in [2.45, 2.75) is 26.3 Å². The van der Waals surface area contributed by atoms with Crippen molar-refractivity contribution in [2.24, 2.45) is 0 Å². The second-order valence-electron chi connectivity index (χ2n) is 4.49. The summed E-state index contributed by atoms with van der Waals surface area (Å²) in [5.41, 5.74) is 0.278. The standard InChI is InChI=1S/C13H15Cl2N5O2/c1-3-4-5-20-18-13(17-19-20)16-12(21)8-6-9(14)11(22-2)10(15)7-8/h6-7H,3-5H2,1-2H3,(H,16,18,21). The minimum absolute atomic E-state index is 0.129. The van der Waals surface area contributed by atoms with E-state index in [1.165, 1.54) is 24.0 Å². The first kappa shape index (κ1) is 16.5. The molecule has 118 valence electrons. The van der Waals surface area contributed by atoms with Gasteiger partial charge in [0.2, 0.25) is 0 Å². The van der Waals surface area contributed by atoms with Crippen LogP contribution in [-0.2, 0) is 6.54 Å². The first-order valence-corrected chi connectivity index (χ1v) is 7.43. The number of halogens is 2. The number of aryl methyl sites for hydroxylation is 1. The Balaban J connectivity index is 2.10. The normalized spacial score (nSPS) is 10.5. The average Bonchev–Trinajstić information content (AvgIpc) is 2.92. The third-order valence-corrected chi connectivity index (χ3v) is 3.42. The summed E-state index contributed by atoms with van der Waals surface area (Å²) in [5, 5.41) is 14.7. The lowest BCUT2D eigenvalue weighted by Gasteiger charge is -2.08. The van der Waals surface area contributed by atoms with Crippen molar-refractivity contribution in [3.63, 3.8) is 0 Å². The monoisotopic (exact) mass is 343 g/mol. The van der Waals surface area contributed by atoms with Gasteiger partial charge in [-0.25, -0.2) is 0 Å². The number of rotatable bonds is 6. The van der Waals surface area contributed by atoms with Gasteiger partial charge in [0.1, 0.15) is 0 Å². The number of hydrogen-bond donors (Lipinski definition) is 1. The fourth-order valence-corrected chi connectivity index (χ4v) is 2.39. The lowest BCUT2D eigenvalue weighted by atomic mass is 10.2. The van der Waals surface area contributed by atoms with Gasteiger partial charge < -0.3 is 4.74 Å². The van der Waals surface area contributed by atoms with Crippen LogP contribution in [0.15, 0.2) is 12.1 Å². The number of anilines is 1. The average molecular weight is 344 g/mol. The SMILES string of the molecule is CCCCn1nnc(NC(=O)c2cc(Cl)c(OC)c(Cl)c2)n1. The number of carbonyl (C=O) groups excluding carboxylic acids is 1. The summed E-state index contributed by atoms with van der Waals surface area (Å²) in [7, 11) is 1.45. The number of amides is 1. The van der Waals surface area contributed by atoms with Gasteiger partial charge in [-0.1, -0.05) is 41.6 Å². The molecule has 0 unspecified atom stereocenters. The molecule has 22 heavy (non-hydrogen) atoms. The molecule has 0 saturated heterocycles. The summed E-state index contributed by atoms with van der Waals surface area (Å²) in [4.78, 5) is 13.6. The molecule has 0 spiro atoms. The van der Waals surface area contributed by atoms with Crippen LogP contribution in [0.3, 0.4) is 0 Å². The van der Waals surface area contributed by atoms with Gasteiger partial charge in [-0.15, -0.1) is 5.10 Å². The van der Waals surface area contributed by atoms with Gasteiger partial charge in [0.25, 0.3) is 11.9 Å². The molecule has 0 aliphatic rings. The van der Waals surface area contributed by atoms with Gasteiger partial charge in [-0.05, 0) is 23.8 Å². The molecule has 0 aliphatic carbocycles. The molecule has 0 radical (unpaired) electrons. The third-order valence-electron chi connectivity index (χ3n) is 2.85. The van der Waals surface area contributed by atoms with Crippen LogP contribution in [-0.4, -0.2) is 33.2 Å². The molecular weight excluding hydrogens is 329 g/mol. The van der Waals surface area contributed by atoms with E-state index in [-0.39, 0.29) is 21.6 Å². The summed E-state index contributed by atoms with van der Waals surface area (Å²) < 4.78 is 5.04. The van der Waals surface area contributed by atoms with Crippen molar-refractivity contribution >= 4 is 35.1 Å². The summed E-state index contributed by atoms with van der Waals surface area (Å²) in [6.45, 7) is 2.72. The maximum Gasteiger partial charge on any atom is 0.270 e. The highest BCUT2D eigenvalue weighted by Gasteiger charge is 2.15. The van der Waals surface area contributed by atoms with Crippen LogP contribution in [0.1, 0.15) is 30.1 Å². The lowest BCUT2D eigenvalue weighted by molar-refractivity contribution is 0.102. The second-order valence-corrected chi connectivity index (χ2v) is 5.30. The van der Waals surface area contributed by atoms with Gasteiger partial charge in [-0.3, -0.25) is 10.1 Å². The molecule has 7 nitrogen and oxygen atoms in total. The van der Waals surface area contributed by atoms with Crippen LogP contribution in [0.5, 0.6) is 5.75 Å². The minimum atomic E-state index is -0.429. The number of hydrogen-bond acceptors (Lipinski definition) is 5. The van der Waals surface area contributed by atoms with Gasteiger partial charge in [0.05, 0.1) is 23.7 Å². The van der Waals surface area contributed by atoms with Crippen molar-refractivity contribution in [3.8, 4) is 5.75 Å². The van der Waals surface area contributed by atoms with Crippen LogP contribution in [0, 0.1) is 0 Å². The Morgan fingerprint density at radius 3 is 2.64 bits per heavy atom. The Hall–Kier alpha value is -1.86. The number of nitrogens with zero attached hydrogens (tertiary/aromatic N) is 4. The minimum Gasteiger partial charge on any atom is -0.494 e. The van der Waals surface area contributed by atoms with E-state index in [0.717, 1.165) is 12.8 Å². The fourth-order valence-electron chi connectivity index (χ4n) is 1.75. The maximum atomic E-state index is 12.2. The van der Waals surface area contributed by atoms with Crippen molar-refractivity contribution in [1.82, 2.24) is 20.2 Å². The van der Waals surface area contributed by atoms with Crippen molar-refractivity contribution in [1.29, 1.82) is 0 Å². The van der Waals surface area contributed by atoms with E-state index in [0.29, 0.717) is 12.3 Å². The molecule has 1 aromatic carbocycles. The Labute approximate surface area is 137 Å². The highest BCUT2D eigenvalue weighted by molar-refractivity contribution is 6.37. The van der Waals surface area contributed by atoms with E-state index in [1.54, 1.807) is 0 Å². The number of unbranched alkanes of at least 4 members (excludes halogenated alkanes) is 1. The Bertz CT molecular complexity index is 651. The molecule has 0 atom stereocenters. The quantitative estimate of drug-likeness (QED) is 0.871. The van der Waals surface area contributed by atoms with Crippen LogP contribution < -0.4 is 10.1 Å². The number of nitrogens with one attached hydrogen (secondary N) is 1. The highest BCUT2D eigenvalue weighted by Crippen LogP contribution is 2.33. The largest absolute Gasteiger partial charge is 0.494 e. The predicted octanol–water partition coefficient (Wildman–Crippen LogP) is 3.04. The van der Waals surface area contributed by atoms with Crippen LogP contribution in [0.4, 0.5) is 5.95 Å². The van der Waals surface area contributed by atoms with Gasteiger partial charge in [-0.2, -0.15) is 4.80 Å². The zero-order valence-electron chi connectivity index (χ0n) is 12.1. The first-order chi connectivity index (χ1) is 10.5. The number of aromatic nitrogens is 4. The van der Waals surface area contributed by atoms with Gasteiger partial charge in [0.15, 0.2) is 5.75 Å². The molecule has 1 amide bonds. The van der Waals surface area contributed by atoms with Crippen molar-refractivity contribution in [3.05, 3.63) is 27.7 Å². The molecule has 0 fully saturated rings. The van der Waals surface area contributed by atoms with Crippen LogP contribution in [0.25, 0.3) is 0 Å². The number of carbonyl (C=O) groups is 1. The Kier molecular flexibility index (Phi) is 5.57. The Morgan fingerprint density at radius 2 is 2.05 bits per heavy atom. The molecule has 2 rings (SSSR count). The fraction of sp³-hybridized carbons (Fsp3) is 0.385. The molecular formula is C13H15Cl2N5O2. The van der Waals surface area contributed by atoms with E-state index >= 15 is 0 Å². The summed E-state index contributed by atoms with van der Waals surface area (Å²) >= 11 is 12.0. The molecule has 9 heteroatoms. The van der Waals surface area contributed by atoms with Crippen molar-refractivity contribution in [2.75, 3.05) is 12.4 Å². The van der Waals surface area contributed by atoms with E-state index in [9.17, 15) is 4.79 Å². The second kappa shape index (κ2) is 7.42. The number of benzene rings is 1. The number of methoxy groups -OCH3 is 1. The molecule has 1 aromatic heterocycles. The molecule has 2 aromatic rings. The number of ether oxygens (including phenoxy) is 1. The topological polar surface area (TPSA) is 81.9 Å². The summed E-state index contributed by atoms with van der Waals surface area (Å²) in [6, 6.07) is 2.92. The molecule has 1 heterocycles. The van der Waals surface area contributed by atoms with Gasteiger partial charge in [0, 0.05) is 5.56 Å². The molecule has 0 aliphatic heterocycles. The molecule has 0 bridgehead atoms. The summed E-state index contributed by atoms with van der Waals surface area (Å²) in [5.74, 6) is 0.0224. The molecule has 0 saturated carbocycles. The maximum absolute atomic E-state index is 12.2. The van der Waals surface area contributed by atoms with E-state index in [1.807, 2.05) is 0 Å². The lowest BCUT2D eigenvalue weighted by Crippen LogP contribution is -2.13. The van der Waals surface area contributed by atoms with Crippen LogP contribution in [0.2, 0.25) is 10.0 Å². The smallest absolute Gasteiger partial charge is 0.270 e.